The lowest BCUT2D eigenvalue weighted by Gasteiger charge is -2.15. The monoisotopic (exact) mass is 215 g/mol. The van der Waals surface area contributed by atoms with E-state index in [0.717, 1.165) is 19.4 Å². The van der Waals surface area contributed by atoms with Crippen LogP contribution in [0, 0.1) is 0 Å². The second-order valence-electron chi connectivity index (χ2n) is 4.34. The largest absolute Gasteiger partial charge is 0.396 e. The molecule has 0 bridgehead atoms. The predicted molar refractivity (Wildman–Crippen MR) is 67.2 cm³/mol. The molecular weight excluding hydrogens is 186 g/mol. The van der Waals surface area contributed by atoms with Gasteiger partial charge in [-0.05, 0) is 25.8 Å². The van der Waals surface area contributed by atoms with Gasteiger partial charge in [-0.3, -0.25) is 0 Å². The van der Waals surface area contributed by atoms with Crippen molar-refractivity contribution in [2.24, 2.45) is 0 Å². The van der Waals surface area contributed by atoms with Crippen LogP contribution in [0.4, 0.5) is 0 Å². The van der Waals surface area contributed by atoms with Crippen molar-refractivity contribution in [2.45, 2.75) is 71.3 Å². The molecule has 1 atom stereocenters. The minimum absolute atomic E-state index is 0.308. The first kappa shape index (κ1) is 14.9. The lowest BCUT2D eigenvalue weighted by molar-refractivity contribution is 0.262. The fourth-order valence-electron chi connectivity index (χ4n) is 1.82. The van der Waals surface area contributed by atoms with Crippen molar-refractivity contribution in [1.82, 2.24) is 5.32 Å². The summed E-state index contributed by atoms with van der Waals surface area (Å²) in [6, 6.07) is 0.519. The van der Waals surface area contributed by atoms with E-state index in [1.54, 1.807) is 0 Å². The number of rotatable bonds is 11. The number of hydrogen-bond donors (Lipinski definition) is 2. The molecule has 92 valence electrons. The van der Waals surface area contributed by atoms with E-state index in [-0.39, 0.29) is 0 Å². The van der Waals surface area contributed by atoms with Gasteiger partial charge in [0, 0.05) is 12.6 Å². The molecule has 1 unspecified atom stereocenters. The van der Waals surface area contributed by atoms with Gasteiger partial charge in [-0.25, -0.2) is 0 Å². The maximum atomic E-state index is 8.83. The predicted octanol–water partition coefficient (Wildman–Crippen LogP) is 3.10. The summed E-state index contributed by atoms with van der Waals surface area (Å²) in [7, 11) is 0. The Morgan fingerprint density at radius 1 is 1.00 bits per heavy atom. The van der Waals surface area contributed by atoms with Gasteiger partial charge in [0.2, 0.25) is 0 Å². The number of unbranched alkanes of at least 4 members (excludes halogenated alkanes) is 5. The van der Waals surface area contributed by atoms with Crippen molar-refractivity contribution < 1.29 is 5.11 Å². The molecule has 0 aromatic heterocycles. The minimum Gasteiger partial charge on any atom is -0.396 e. The molecular formula is C13H29NO. The molecule has 15 heavy (non-hydrogen) atoms. The van der Waals surface area contributed by atoms with E-state index in [4.69, 9.17) is 5.11 Å². The normalized spacial score (nSPS) is 13.0. The van der Waals surface area contributed by atoms with Gasteiger partial charge in [0.1, 0.15) is 0 Å². The fraction of sp³-hybridized carbons (Fsp3) is 1.00. The minimum atomic E-state index is 0.308. The maximum absolute atomic E-state index is 8.83. The van der Waals surface area contributed by atoms with Gasteiger partial charge in [0.25, 0.3) is 0 Å². The van der Waals surface area contributed by atoms with Crippen molar-refractivity contribution in [3.8, 4) is 0 Å². The van der Waals surface area contributed by atoms with Crippen LogP contribution in [0.1, 0.15) is 65.2 Å². The van der Waals surface area contributed by atoms with Gasteiger partial charge in [0.15, 0.2) is 0 Å². The molecule has 0 spiro atoms. The van der Waals surface area contributed by atoms with Crippen LogP contribution in [0.15, 0.2) is 0 Å². The van der Waals surface area contributed by atoms with E-state index < -0.39 is 0 Å². The smallest absolute Gasteiger partial charge is 0.0445 e. The standard InChI is InChI=1S/C13H29NO/c1-3-5-6-7-8-9-11-14-13(4-2)10-12-15/h13-15H,3-12H2,1-2H3. The van der Waals surface area contributed by atoms with Crippen LogP contribution in [-0.4, -0.2) is 24.3 Å². The van der Waals surface area contributed by atoms with Crippen molar-refractivity contribution in [1.29, 1.82) is 0 Å². The highest BCUT2D eigenvalue weighted by Gasteiger charge is 2.02. The molecule has 0 aliphatic carbocycles. The molecule has 0 aliphatic rings. The zero-order chi connectivity index (χ0) is 11.4. The highest BCUT2D eigenvalue weighted by Crippen LogP contribution is 2.04. The topological polar surface area (TPSA) is 32.3 Å². The van der Waals surface area contributed by atoms with Crippen molar-refractivity contribution in [2.75, 3.05) is 13.2 Å². The Bertz CT molecular complexity index is 117. The third-order valence-electron chi connectivity index (χ3n) is 2.93. The van der Waals surface area contributed by atoms with Gasteiger partial charge in [-0.2, -0.15) is 0 Å². The summed E-state index contributed by atoms with van der Waals surface area (Å²) in [5.74, 6) is 0. The van der Waals surface area contributed by atoms with Gasteiger partial charge < -0.3 is 10.4 Å². The quantitative estimate of drug-likeness (QED) is 0.519. The first-order valence-corrected chi connectivity index (χ1v) is 6.69. The number of nitrogens with one attached hydrogen (secondary N) is 1. The Balaban J connectivity index is 3.14. The molecule has 0 fully saturated rings. The molecule has 0 radical (unpaired) electrons. The Morgan fingerprint density at radius 3 is 2.27 bits per heavy atom. The van der Waals surface area contributed by atoms with E-state index in [2.05, 4.69) is 19.2 Å². The Labute approximate surface area is 95.5 Å². The van der Waals surface area contributed by atoms with E-state index in [1.165, 1.54) is 38.5 Å². The summed E-state index contributed by atoms with van der Waals surface area (Å²) in [5, 5.41) is 12.3. The van der Waals surface area contributed by atoms with Gasteiger partial charge in [-0.1, -0.05) is 46.0 Å². The SMILES string of the molecule is CCCCCCCCNC(CC)CCO. The van der Waals surface area contributed by atoms with Gasteiger partial charge in [0.05, 0.1) is 0 Å². The average molecular weight is 215 g/mol. The van der Waals surface area contributed by atoms with E-state index in [1.807, 2.05) is 0 Å². The van der Waals surface area contributed by atoms with Crippen LogP contribution in [-0.2, 0) is 0 Å². The average Bonchev–Trinajstić information content (AvgIpc) is 2.26. The molecule has 2 N–H and O–H groups in total. The van der Waals surface area contributed by atoms with Crippen molar-refractivity contribution >= 4 is 0 Å². The third-order valence-corrected chi connectivity index (χ3v) is 2.93. The Hall–Kier alpha value is -0.0800. The summed E-state index contributed by atoms with van der Waals surface area (Å²) < 4.78 is 0. The van der Waals surface area contributed by atoms with E-state index in [9.17, 15) is 0 Å². The highest BCUT2D eigenvalue weighted by atomic mass is 16.3. The molecule has 0 aliphatic heterocycles. The van der Waals surface area contributed by atoms with Crippen LogP contribution in [0.2, 0.25) is 0 Å². The molecule has 0 rings (SSSR count). The first-order valence-electron chi connectivity index (χ1n) is 6.69. The molecule has 0 heterocycles. The number of aliphatic hydroxyl groups excluding tert-OH is 1. The van der Waals surface area contributed by atoms with Crippen molar-refractivity contribution in [3.05, 3.63) is 0 Å². The molecule has 0 aromatic rings. The molecule has 0 aromatic carbocycles. The summed E-state index contributed by atoms with van der Waals surface area (Å²) in [6.07, 6.45) is 10.1. The fourth-order valence-corrected chi connectivity index (χ4v) is 1.82. The lowest BCUT2D eigenvalue weighted by Crippen LogP contribution is -2.30. The Morgan fingerprint density at radius 2 is 1.67 bits per heavy atom. The summed E-state index contributed by atoms with van der Waals surface area (Å²) in [5.41, 5.74) is 0. The summed E-state index contributed by atoms with van der Waals surface area (Å²) >= 11 is 0. The molecule has 0 saturated carbocycles. The van der Waals surface area contributed by atoms with Crippen LogP contribution >= 0.6 is 0 Å². The maximum Gasteiger partial charge on any atom is 0.0445 e. The molecule has 0 amide bonds. The second-order valence-corrected chi connectivity index (χ2v) is 4.34. The highest BCUT2D eigenvalue weighted by molar-refractivity contribution is 4.63. The van der Waals surface area contributed by atoms with Gasteiger partial charge >= 0.3 is 0 Å². The lowest BCUT2D eigenvalue weighted by atomic mass is 10.1. The van der Waals surface area contributed by atoms with Crippen LogP contribution in [0.25, 0.3) is 0 Å². The molecule has 2 nitrogen and oxygen atoms in total. The Kier molecular flexibility index (Phi) is 11.9. The zero-order valence-electron chi connectivity index (χ0n) is 10.6. The second kappa shape index (κ2) is 12.0. The number of hydrogen-bond acceptors (Lipinski definition) is 2. The summed E-state index contributed by atoms with van der Waals surface area (Å²) in [6.45, 7) is 5.85. The molecule has 0 saturated heterocycles. The first-order chi connectivity index (χ1) is 7.35. The van der Waals surface area contributed by atoms with Crippen LogP contribution in [0.5, 0.6) is 0 Å². The molecule has 2 heteroatoms. The summed E-state index contributed by atoms with van der Waals surface area (Å²) in [4.78, 5) is 0. The van der Waals surface area contributed by atoms with E-state index in [0.29, 0.717) is 12.6 Å². The zero-order valence-corrected chi connectivity index (χ0v) is 10.6. The number of aliphatic hydroxyl groups is 1. The van der Waals surface area contributed by atoms with E-state index >= 15 is 0 Å². The van der Waals surface area contributed by atoms with Crippen molar-refractivity contribution in [3.63, 3.8) is 0 Å². The third kappa shape index (κ3) is 10.2. The van der Waals surface area contributed by atoms with Gasteiger partial charge in [-0.15, -0.1) is 0 Å². The van der Waals surface area contributed by atoms with Crippen LogP contribution < -0.4 is 5.32 Å². The van der Waals surface area contributed by atoms with Crippen LogP contribution in [0.3, 0.4) is 0 Å².